The smallest absolute Gasteiger partial charge is 0.170 e. The number of halogens is 1. The first kappa shape index (κ1) is 6.36. The Labute approximate surface area is 58.7 Å². The average molecular weight is 141 g/mol. The van der Waals surface area contributed by atoms with Crippen LogP contribution in [0.3, 0.4) is 0 Å². The Balaban J connectivity index is 3.17. The van der Waals surface area contributed by atoms with Crippen molar-refractivity contribution in [2.24, 2.45) is 0 Å². The van der Waals surface area contributed by atoms with Crippen LogP contribution in [0.5, 0.6) is 0 Å². The Morgan fingerprint density at radius 2 is 2.33 bits per heavy atom. The summed E-state index contributed by atoms with van der Waals surface area (Å²) < 4.78 is 0. The zero-order valence-corrected chi connectivity index (χ0v) is 5.68. The van der Waals surface area contributed by atoms with Crippen molar-refractivity contribution in [3.8, 4) is 0 Å². The summed E-state index contributed by atoms with van der Waals surface area (Å²) in [6.07, 6.45) is 1.57. The van der Waals surface area contributed by atoms with Gasteiger partial charge in [0.2, 0.25) is 0 Å². The van der Waals surface area contributed by atoms with E-state index in [1.165, 1.54) is 0 Å². The van der Waals surface area contributed by atoms with E-state index in [-0.39, 0.29) is 11.0 Å². The van der Waals surface area contributed by atoms with Gasteiger partial charge in [-0.05, 0) is 0 Å². The van der Waals surface area contributed by atoms with E-state index in [2.05, 4.69) is 9.97 Å². The van der Waals surface area contributed by atoms with Gasteiger partial charge in [-0.1, -0.05) is 11.6 Å². The van der Waals surface area contributed by atoms with Crippen LogP contribution in [0.1, 0.15) is 0 Å². The standard InChI is InChI=1S/C4H5BClN3/c5-2-1-8-4(7)3(6)9-2/h1H,5H2,(H2,7,8). The molecule has 0 saturated heterocycles. The van der Waals surface area contributed by atoms with Crippen LogP contribution in [0, 0.1) is 0 Å². The lowest BCUT2D eigenvalue weighted by Crippen LogP contribution is -2.10. The average Bonchev–Trinajstić information content (AvgIpc) is 1.80. The lowest BCUT2D eigenvalue weighted by molar-refractivity contribution is 1.25. The van der Waals surface area contributed by atoms with Gasteiger partial charge >= 0.3 is 0 Å². The highest BCUT2D eigenvalue weighted by Crippen LogP contribution is 2.07. The summed E-state index contributed by atoms with van der Waals surface area (Å²) in [5, 5.41) is 0.273. The summed E-state index contributed by atoms with van der Waals surface area (Å²) in [5.74, 6) is 0.280. The maximum atomic E-state index is 5.52. The molecule has 0 atom stereocenters. The Bertz CT molecular complexity index is 227. The van der Waals surface area contributed by atoms with Crippen LogP contribution in [-0.2, 0) is 0 Å². The zero-order valence-electron chi connectivity index (χ0n) is 4.93. The van der Waals surface area contributed by atoms with Crippen molar-refractivity contribution in [1.29, 1.82) is 0 Å². The number of hydrogen-bond donors (Lipinski definition) is 1. The minimum Gasteiger partial charge on any atom is -0.381 e. The molecule has 5 heteroatoms. The van der Waals surface area contributed by atoms with Crippen molar-refractivity contribution >= 4 is 30.9 Å². The van der Waals surface area contributed by atoms with E-state index in [1.807, 2.05) is 0 Å². The highest BCUT2D eigenvalue weighted by Gasteiger charge is 1.95. The van der Waals surface area contributed by atoms with Crippen molar-refractivity contribution in [2.45, 2.75) is 0 Å². The van der Waals surface area contributed by atoms with Gasteiger partial charge in [-0.3, -0.25) is 0 Å². The number of nitrogens with two attached hydrogens (primary N) is 1. The maximum absolute atomic E-state index is 5.52. The van der Waals surface area contributed by atoms with Crippen LogP contribution in [-0.4, -0.2) is 17.8 Å². The van der Waals surface area contributed by atoms with Gasteiger partial charge in [0.05, 0.1) is 0 Å². The molecule has 3 nitrogen and oxygen atoms in total. The van der Waals surface area contributed by atoms with Crippen LogP contribution in [0.2, 0.25) is 5.15 Å². The Hall–Kier alpha value is -0.765. The first-order chi connectivity index (χ1) is 4.20. The van der Waals surface area contributed by atoms with E-state index in [0.717, 1.165) is 5.59 Å². The first-order valence-corrected chi connectivity index (χ1v) is 2.82. The molecule has 1 aromatic rings. The predicted molar refractivity (Wildman–Crippen MR) is 39.6 cm³/mol. The largest absolute Gasteiger partial charge is 0.381 e. The lowest BCUT2D eigenvalue weighted by Gasteiger charge is -1.94. The number of hydrogen-bond acceptors (Lipinski definition) is 3. The Kier molecular flexibility index (Phi) is 1.57. The second-order valence-corrected chi connectivity index (χ2v) is 2.05. The number of rotatable bonds is 0. The van der Waals surface area contributed by atoms with Crippen molar-refractivity contribution in [1.82, 2.24) is 9.97 Å². The van der Waals surface area contributed by atoms with Crippen LogP contribution in [0.15, 0.2) is 6.20 Å². The number of aromatic nitrogens is 2. The molecule has 0 aliphatic rings. The van der Waals surface area contributed by atoms with Crippen molar-refractivity contribution in [3.05, 3.63) is 11.3 Å². The summed E-state index contributed by atoms with van der Waals surface area (Å²) >= 11 is 5.52. The Morgan fingerprint density at radius 1 is 1.67 bits per heavy atom. The third kappa shape index (κ3) is 1.32. The number of anilines is 1. The lowest BCUT2D eigenvalue weighted by atomic mass is 10.1. The van der Waals surface area contributed by atoms with Crippen LogP contribution in [0.4, 0.5) is 5.82 Å². The molecule has 0 radical (unpaired) electrons. The van der Waals surface area contributed by atoms with Crippen LogP contribution >= 0.6 is 11.6 Å². The summed E-state index contributed by atoms with van der Waals surface area (Å²) in [6.45, 7) is 0. The van der Waals surface area contributed by atoms with Crippen molar-refractivity contribution in [2.75, 3.05) is 5.73 Å². The van der Waals surface area contributed by atoms with Gasteiger partial charge in [0.15, 0.2) is 18.8 Å². The molecule has 0 fully saturated rings. The molecular weight excluding hydrogens is 136 g/mol. The fraction of sp³-hybridized carbons (Fsp3) is 0. The molecule has 1 rings (SSSR count). The van der Waals surface area contributed by atoms with Gasteiger partial charge in [-0.2, -0.15) is 0 Å². The molecule has 9 heavy (non-hydrogen) atoms. The van der Waals surface area contributed by atoms with Gasteiger partial charge in [0.1, 0.15) is 0 Å². The van der Waals surface area contributed by atoms with Gasteiger partial charge in [-0.15, -0.1) is 0 Å². The molecule has 0 aliphatic carbocycles. The van der Waals surface area contributed by atoms with Crippen molar-refractivity contribution in [3.63, 3.8) is 0 Å². The van der Waals surface area contributed by atoms with Crippen LogP contribution < -0.4 is 11.3 Å². The number of nitrogen functional groups attached to an aromatic ring is 1. The molecule has 0 spiro atoms. The molecule has 1 heterocycles. The van der Waals surface area contributed by atoms with Gasteiger partial charge < -0.3 is 5.73 Å². The molecule has 0 unspecified atom stereocenters. The highest BCUT2D eigenvalue weighted by atomic mass is 35.5. The van der Waals surface area contributed by atoms with E-state index in [0.29, 0.717) is 0 Å². The molecule has 0 amide bonds. The molecule has 0 aromatic carbocycles. The quantitative estimate of drug-likeness (QED) is 0.470. The molecule has 0 saturated carbocycles. The fourth-order valence-electron chi connectivity index (χ4n) is 0.457. The molecule has 1 aromatic heterocycles. The van der Waals surface area contributed by atoms with Gasteiger partial charge in [0, 0.05) is 11.8 Å². The minimum absolute atomic E-state index is 0.273. The number of nitrogens with zero attached hydrogens (tertiary/aromatic N) is 2. The van der Waals surface area contributed by atoms with E-state index in [9.17, 15) is 0 Å². The minimum atomic E-state index is 0.273. The van der Waals surface area contributed by atoms with E-state index in [1.54, 1.807) is 14.0 Å². The normalized spacial score (nSPS) is 9.44. The second kappa shape index (κ2) is 2.23. The van der Waals surface area contributed by atoms with E-state index in [4.69, 9.17) is 17.3 Å². The predicted octanol–water partition coefficient (Wildman–Crippen LogP) is -1.03. The third-order valence-corrected chi connectivity index (χ3v) is 1.15. The summed E-state index contributed by atoms with van der Waals surface area (Å²) in [6, 6.07) is 0. The SMILES string of the molecule is Bc1cnc(N)c(Cl)n1. The molecule has 0 bridgehead atoms. The first-order valence-electron chi connectivity index (χ1n) is 2.45. The third-order valence-electron chi connectivity index (χ3n) is 0.876. The molecule has 2 N–H and O–H groups in total. The summed E-state index contributed by atoms with van der Waals surface area (Å²) in [7, 11) is 1.80. The topological polar surface area (TPSA) is 51.8 Å². The highest BCUT2D eigenvalue weighted by molar-refractivity contribution is 6.34. The molecular formula is C4H5BClN3. The maximum Gasteiger partial charge on any atom is 0.170 e. The Morgan fingerprint density at radius 3 is 2.78 bits per heavy atom. The fourth-order valence-corrected chi connectivity index (χ4v) is 0.639. The summed E-state index contributed by atoms with van der Waals surface area (Å²) in [5.41, 5.74) is 6.06. The van der Waals surface area contributed by atoms with E-state index >= 15 is 0 Å². The van der Waals surface area contributed by atoms with Crippen molar-refractivity contribution < 1.29 is 0 Å². The van der Waals surface area contributed by atoms with Crippen LogP contribution in [0.25, 0.3) is 0 Å². The molecule has 0 aliphatic heterocycles. The molecule has 46 valence electrons. The monoisotopic (exact) mass is 141 g/mol. The van der Waals surface area contributed by atoms with Gasteiger partial charge in [-0.25, -0.2) is 9.97 Å². The van der Waals surface area contributed by atoms with Gasteiger partial charge in [0.25, 0.3) is 0 Å². The van der Waals surface area contributed by atoms with E-state index < -0.39 is 0 Å². The second-order valence-electron chi connectivity index (χ2n) is 1.69. The zero-order chi connectivity index (χ0) is 6.85. The summed E-state index contributed by atoms with van der Waals surface area (Å²) in [4.78, 5) is 7.61.